The molecular weight excluding hydrogens is 368 g/mol. The van der Waals surface area contributed by atoms with Crippen molar-refractivity contribution in [2.45, 2.75) is 0 Å². The van der Waals surface area contributed by atoms with E-state index in [4.69, 9.17) is 14.2 Å². The molecule has 3 rings (SSSR count). The molecule has 0 fully saturated rings. The van der Waals surface area contributed by atoms with Crippen molar-refractivity contribution in [2.24, 2.45) is 0 Å². The van der Waals surface area contributed by atoms with Crippen molar-refractivity contribution in [1.82, 2.24) is 0 Å². The zero-order valence-corrected chi connectivity index (χ0v) is 16.3. The van der Waals surface area contributed by atoms with Crippen LogP contribution in [0.2, 0.25) is 0 Å². The highest BCUT2D eigenvalue weighted by Gasteiger charge is 2.04. The smallest absolute Gasteiger partial charge is 0.243 e. The molecule has 6 heteroatoms. The molecule has 0 saturated heterocycles. The van der Waals surface area contributed by atoms with Crippen molar-refractivity contribution in [3.05, 3.63) is 78.9 Å². The summed E-state index contributed by atoms with van der Waals surface area (Å²) in [6.07, 6.45) is 0. The minimum Gasteiger partial charge on any atom is -0.491 e. The summed E-state index contributed by atoms with van der Waals surface area (Å²) in [6, 6.07) is 24.3. The van der Waals surface area contributed by atoms with Crippen molar-refractivity contribution in [3.8, 4) is 17.2 Å². The van der Waals surface area contributed by atoms with E-state index in [1.807, 2.05) is 72.8 Å². The molecular formula is C23H24N2O4. The highest BCUT2D eigenvalue weighted by atomic mass is 16.5. The second-order valence-corrected chi connectivity index (χ2v) is 6.21. The monoisotopic (exact) mass is 392 g/mol. The van der Waals surface area contributed by atoms with Gasteiger partial charge in [0.15, 0.2) is 0 Å². The van der Waals surface area contributed by atoms with Crippen LogP contribution in [0.5, 0.6) is 17.2 Å². The number of rotatable bonds is 10. The standard InChI is InChI=1S/C23H24N2O4/c1-27-14-15-28-22-9-5-6-19(16-22)25-23(26)17-24-18-10-12-21(13-11-18)29-20-7-3-2-4-8-20/h2-13,16,24H,14-15,17H2,1H3,(H,25,26). The summed E-state index contributed by atoms with van der Waals surface area (Å²) in [7, 11) is 1.62. The Kier molecular flexibility index (Phi) is 7.48. The summed E-state index contributed by atoms with van der Waals surface area (Å²) in [6.45, 7) is 1.11. The van der Waals surface area contributed by atoms with Crippen LogP contribution in [-0.4, -0.2) is 32.8 Å². The lowest BCUT2D eigenvalue weighted by Gasteiger charge is -2.11. The van der Waals surface area contributed by atoms with Gasteiger partial charge in [-0.25, -0.2) is 0 Å². The Hall–Kier alpha value is -3.51. The molecule has 0 aliphatic rings. The van der Waals surface area contributed by atoms with Crippen LogP contribution in [0.3, 0.4) is 0 Å². The molecule has 0 aromatic heterocycles. The molecule has 0 radical (unpaired) electrons. The molecule has 0 unspecified atom stereocenters. The van der Waals surface area contributed by atoms with Crippen molar-refractivity contribution >= 4 is 17.3 Å². The molecule has 29 heavy (non-hydrogen) atoms. The number of ether oxygens (including phenoxy) is 3. The van der Waals surface area contributed by atoms with E-state index in [0.29, 0.717) is 24.7 Å². The van der Waals surface area contributed by atoms with Gasteiger partial charge in [-0.1, -0.05) is 24.3 Å². The Morgan fingerprint density at radius 1 is 0.793 bits per heavy atom. The lowest BCUT2D eigenvalue weighted by Crippen LogP contribution is -2.21. The van der Waals surface area contributed by atoms with Gasteiger partial charge in [0, 0.05) is 24.6 Å². The normalized spacial score (nSPS) is 10.2. The fraction of sp³-hybridized carbons (Fsp3) is 0.174. The van der Waals surface area contributed by atoms with Crippen LogP contribution >= 0.6 is 0 Å². The van der Waals surface area contributed by atoms with Gasteiger partial charge in [-0.2, -0.15) is 0 Å². The molecule has 0 bridgehead atoms. The van der Waals surface area contributed by atoms with Crippen LogP contribution in [0.15, 0.2) is 78.9 Å². The molecule has 6 nitrogen and oxygen atoms in total. The van der Waals surface area contributed by atoms with Gasteiger partial charge in [0.1, 0.15) is 23.9 Å². The maximum absolute atomic E-state index is 12.2. The van der Waals surface area contributed by atoms with Crippen molar-refractivity contribution in [1.29, 1.82) is 0 Å². The number of benzene rings is 3. The molecule has 0 aliphatic carbocycles. The number of anilines is 2. The summed E-state index contributed by atoms with van der Waals surface area (Å²) < 4.78 is 16.3. The second kappa shape index (κ2) is 10.7. The molecule has 3 aromatic carbocycles. The summed E-state index contributed by atoms with van der Waals surface area (Å²) in [5.41, 5.74) is 1.51. The molecule has 0 atom stereocenters. The minimum absolute atomic E-state index is 0.146. The predicted octanol–water partition coefficient (Wildman–Crippen LogP) is 4.55. The van der Waals surface area contributed by atoms with Gasteiger partial charge in [-0.3, -0.25) is 4.79 Å². The van der Waals surface area contributed by atoms with E-state index >= 15 is 0 Å². The van der Waals surface area contributed by atoms with Gasteiger partial charge in [0.05, 0.1) is 13.2 Å². The Balaban J connectivity index is 1.46. The third-order valence-corrected chi connectivity index (χ3v) is 3.96. The molecule has 0 aliphatic heterocycles. The summed E-state index contributed by atoms with van der Waals surface area (Å²) in [5.74, 6) is 2.04. The first-order chi connectivity index (χ1) is 14.2. The van der Waals surface area contributed by atoms with Crippen molar-refractivity contribution < 1.29 is 19.0 Å². The first-order valence-corrected chi connectivity index (χ1v) is 9.31. The van der Waals surface area contributed by atoms with Gasteiger partial charge < -0.3 is 24.8 Å². The number of hydrogen-bond acceptors (Lipinski definition) is 5. The fourth-order valence-corrected chi connectivity index (χ4v) is 2.56. The summed E-state index contributed by atoms with van der Waals surface area (Å²) in [5, 5.41) is 5.95. The van der Waals surface area contributed by atoms with E-state index in [-0.39, 0.29) is 12.5 Å². The number of carbonyl (C=O) groups excluding carboxylic acids is 1. The Morgan fingerprint density at radius 3 is 2.28 bits per heavy atom. The third-order valence-electron chi connectivity index (χ3n) is 3.96. The minimum atomic E-state index is -0.149. The third kappa shape index (κ3) is 6.86. The number of para-hydroxylation sites is 1. The van der Waals surface area contributed by atoms with E-state index in [0.717, 1.165) is 17.2 Å². The van der Waals surface area contributed by atoms with Crippen LogP contribution in [0, 0.1) is 0 Å². The van der Waals surface area contributed by atoms with Gasteiger partial charge in [0.25, 0.3) is 0 Å². The number of hydrogen-bond donors (Lipinski definition) is 2. The van der Waals surface area contributed by atoms with E-state index in [1.54, 1.807) is 13.2 Å². The number of carbonyl (C=O) groups is 1. The fourth-order valence-electron chi connectivity index (χ4n) is 2.56. The Bertz CT molecular complexity index is 898. The summed E-state index contributed by atoms with van der Waals surface area (Å²) >= 11 is 0. The van der Waals surface area contributed by atoms with Crippen LogP contribution in [0.25, 0.3) is 0 Å². The van der Waals surface area contributed by atoms with E-state index in [2.05, 4.69) is 10.6 Å². The zero-order chi connectivity index (χ0) is 20.3. The van der Waals surface area contributed by atoms with Crippen LogP contribution < -0.4 is 20.1 Å². The van der Waals surface area contributed by atoms with Crippen LogP contribution in [-0.2, 0) is 9.53 Å². The van der Waals surface area contributed by atoms with Gasteiger partial charge >= 0.3 is 0 Å². The lowest BCUT2D eigenvalue weighted by atomic mass is 10.3. The predicted molar refractivity (Wildman–Crippen MR) is 114 cm³/mol. The summed E-state index contributed by atoms with van der Waals surface area (Å²) in [4.78, 5) is 12.2. The molecule has 0 heterocycles. The molecule has 3 aromatic rings. The highest BCUT2D eigenvalue weighted by molar-refractivity contribution is 5.93. The van der Waals surface area contributed by atoms with E-state index < -0.39 is 0 Å². The van der Waals surface area contributed by atoms with E-state index in [1.165, 1.54) is 0 Å². The molecule has 0 saturated carbocycles. The lowest BCUT2D eigenvalue weighted by molar-refractivity contribution is -0.114. The molecule has 0 spiro atoms. The highest BCUT2D eigenvalue weighted by Crippen LogP contribution is 2.22. The van der Waals surface area contributed by atoms with Gasteiger partial charge in [0.2, 0.25) is 5.91 Å². The van der Waals surface area contributed by atoms with Crippen molar-refractivity contribution in [2.75, 3.05) is 37.5 Å². The molecule has 150 valence electrons. The SMILES string of the molecule is COCCOc1cccc(NC(=O)CNc2ccc(Oc3ccccc3)cc2)c1. The molecule has 2 N–H and O–H groups in total. The Morgan fingerprint density at radius 2 is 1.52 bits per heavy atom. The number of methoxy groups -OCH3 is 1. The maximum Gasteiger partial charge on any atom is 0.243 e. The number of amides is 1. The molecule has 1 amide bonds. The van der Waals surface area contributed by atoms with Crippen LogP contribution in [0.4, 0.5) is 11.4 Å². The average molecular weight is 392 g/mol. The van der Waals surface area contributed by atoms with Gasteiger partial charge in [-0.05, 0) is 48.5 Å². The van der Waals surface area contributed by atoms with Gasteiger partial charge in [-0.15, -0.1) is 0 Å². The average Bonchev–Trinajstić information content (AvgIpc) is 2.74. The van der Waals surface area contributed by atoms with Crippen molar-refractivity contribution in [3.63, 3.8) is 0 Å². The first-order valence-electron chi connectivity index (χ1n) is 9.31. The van der Waals surface area contributed by atoms with E-state index in [9.17, 15) is 4.79 Å². The zero-order valence-electron chi connectivity index (χ0n) is 16.3. The maximum atomic E-state index is 12.2. The van der Waals surface area contributed by atoms with Crippen LogP contribution in [0.1, 0.15) is 0 Å². The topological polar surface area (TPSA) is 68.8 Å². The Labute approximate surface area is 170 Å². The quantitative estimate of drug-likeness (QED) is 0.495. The second-order valence-electron chi connectivity index (χ2n) is 6.21. The first kappa shape index (κ1) is 20.2. The largest absolute Gasteiger partial charge is 0.491 e. The number of nitrogens with one attached hydrogen (secondary N) is 2.